The van der Waals surface area contributed by atoms with Crippen molar-refractivity contribution in [3.05, 3.63) is 29.8 Å². The maximum Gasteiger partial charge on any atom is 0.239 e. The highest BCUT2D eigenvalue weighted by atomic mass is 16.2. The lowest BCUT2D eigenvalue weighted by Crippen LogP contribution is -2.40. The third-order valence-corrected chi connectivity index (χ3v) is 4.76. The van der Waals surface area contributed by atoms with Gasteiger partial charge >= 0.3 is 0 Å². The van der Waals surface area contributed by atoms with Crippen molar-refractivity contribution < 1.29 is 9.59 Å². The van der Waals surface area contributed by atoms with Crippen LogP contribution < -0.4 is 10.2 Å². The number of nitrogens with one attached hydrogen (secondary N) is 1. The molecule has 2 amide bonds. The molecule has 0 aliphatic carbocycles. The number of hydrogen-bond donors (Lipinski definition) is 1. The molecule has 0 spiro atoms. The van der Waals surface area contributed by atoms with Crippen molar-refractivity contribution in [3.8, 4) is 0 Å². The molecule has 23 heavy (non-hydrogen) atoms. The van der Waals surface area contributed by atoms with Gasteiger partial charge in [0.1, 0.15) is 5.92 Å². The smallest absolute Gasteiger partial charge is 0.239 e. The molecule has 1 aromatic rings. The van der Waals surface area contributed by atoms with E-state index in [-0.39, 0.29) is 11.8 Å². The largest absolute Gasteiger partial charge is 0.354 e. The van der Waals surface area contributed by atoms with Gasteiger partial charge in [0.25, 0.3) is 0 Å². The van der Waals surface area contributed by atoms with E-state index >= 15 is 0 Å². The van der Waals surface area contributed by atoms with Gasteiger partial charge in [0.05, 0.1) is 0 Å². The van der Waals surface area contributed by atoms with Gasteiger partial charge in [0, 0.05) is 25.3 Å². The summed E-state index contributed by atoms with van der Waals surface area (Å²) in [6.07, 6.45) is 3.10. The molecular formula is C18H25N3O2. The van der Waals surface area contributed by atoms with Gasteiger partial charge in [-0.2, -0.15) is 0 Å². The van der Waals surface area contributed by atoms with Crippen LogP contribution >= 0.6 is 0 Å². The molecular weight excluding hydrogens is 290 g/mol. The molecule has 2 aliphatic rings. The van der Waals surface area contributed by atoms with Crippen LogP contribution in [-0.4, -0.2) is 49.4 Å². The standard InChI is InChI=1S/C18H25N3O2/c1-14-5-4-6-15(13-14)21-11-7-16(18(21)23)17(22)19-8-12-20-9-2-3-10-20/h4-6,13,16H,2-3,7-12H2,1H3,(H,19,22). The molecule has 1 aromatic carbocycles. The Kier molecular flexibility index (Phi) is 4.96. The molecule has 1 atom stereocenters. The second-order valence-electron chi connectivity index (χ2n) is 6.51. The molecule has 2 fully saturated rings. The number of carbonyl (C=O) groups excluding carboxylic acids is 2. The molecule has 2 aliphatic heterocycles. The highest BCUT2D eigenvalue weighted by molar-refractivity contribution is 6.09. The van der Waals surface area contributed by atoms with E-state index in [1.54, 1.807) is 4.90 Å². The summed E-state index contributed by atoms with van der Waals surface area (Å²) >= 11 is 0. The zero-order chi connectivity index (χ0) is 16.2. The lowest BCUT2D eigenvalue weighted by molar-refractivity contribution is -0.132. The summed E-state index contributed by atoms with van der Waals surface area (Å²) in [5, 5.41) is 2.94. The molecule has 0 saturated carbocycles. The van der Waals surface area contributed by atoms with Gasteiger partial charge in [0.15, 0.2) is 0 Å². The van der Waals surface area contributed by atoms with Gasteiger partial charge in [-0.25, -0.2) is 0 Å². The van der Waals surface area contributed by atoms with Gasteiger partial charge in [-0.1, -0.05) is 12.1 Å². The first-order chi connectivity index (χ1) is 11.1. The summed E-state index contributed by atoms with van der Waals surface area (Å²) in [5.41, 5.74) is 2.01. The molecule has 0 radical (unpaired) electrons. The number of hydrogen-bond acceptors (Lipinski definition) is 3. The molecule has 124 valence electrons. The first-order valence-corrected chi connectivity index (χ1v) is 8.53. The minimum absolute atomic E-state index is 0.0747. The fourth-order valence-electron chi connectivity index (χ4n) is 3.44. The van der Waals surface area contributed by atoms with Crippen LogP contribution in [0.25, 0.3) is 0 Å². The van der Waals surface area contributed by atoms with Crippen molar-refractivity contribution in [2.75, 3.05) is 37.6 Å². The Morgan fingerprint density at radius 1 is 1.26 bits per heavy atom. The van der Waals surface area contributed by atoms with Crippen LogP contribution in [0.4, 0.5) is 5.69 Å². The summed E-state index contributed by atoms with van der Waals surface area (Å²) in [5.74, 6) is -0.729. The summed E-state index contributed by atoms with van der Waals surface area (Å²) in [4.78, 5) is 28.9. The minimum atomic E-state index is -0.533. The molecule has 2 heterocycles. The molecule has 2 saturated heterocycles. The van der Waals surface area contributed by atoms with Crippen molar-refractivity contribution in [1.29, 1.82) is 0 Å². The van der Waals surface area contributed by atoms with Gasteiger partial charge in [-0.3, -0.25) is 9.59 Å². The summed E-state index contributed by atoms with van der Waals surface area (Å²) in [7, 11) is 0. The quantitative estimate of drug-likeness (QED) is 0.839. The molecule has 5 nitrogen and oxygen atoms in total. The normalized spacial score (nSPS) is 21.9. The zero-order valence-electron chi connectivity index (χ0n) is 13.8. The number of nitrogens with zero attached hydrogens (tertiary/aromatic N) is 2. The number of carbonyl (C=O) groups is 2. The highest BCUT2D eigenvalue weighted by Crippen LogP contribution is 2.26. The number of likely N-dealkylation sites (tertiary alicyclic amines) is 1. The minimum Gasteiger partial charge on any atom is -0.354 e. The second kappa shape index (κ2) is 7.13. The Bertz CT molecular complexity index is 581. The molecule has 3 rings (SSSR count). The van der Waals surface area contributed by atoms with Crippen LogP contribution in [-0.2, 0) is 9.59 Å². The lowest BCUT2D eigenvalue weighted by atomic mass is 10.1. The fourth-order valence-corrected chi connectivity index (χ4v) is 3.44. The summed E-state index contributed by atoms with van der Waals surface area (Å²) < 4.78 is 0. The first-order valence-electron chi connectivity index (χ1n) is 8.53. The Labute approximate surface area is 137 Å². The van der Waals surface area contributed by atoms with E-state index < -0.39 is 5.92 Å². The fraction of sp³-hybridized carbons (Fsp3) is 0.556. The second-order valence-corrected chi connectivity index (χ2v) is 6.51. The van der Waals surface area contributed by atoms with Crippen molar-refractivity contribution in [3.63, 3.8) is 0 Å². The van der Waals surface area contributed by atoms with E-state index in [1.807, 2.05) is 31.2 Å². The maximum absolute atomic E-state index is 12.5. The summed E-state index contributed by atoms with van der Waals surface area (Å²) in [6.45, 7) is 6.39. The van der Waals surface area contributed by atoms with Gasteiger partial charge in [-0.15, -0.1) is 0 Å². The zero-order valence-corrected chi connectivity index (χ0v) is 13.8. The van der Waals surface area contributed by atoms with Crippen molar-refractivity contribution >= 4 is 17.5 Å². The number of rotatable bonds is 5. The van der Waals surface area contributed by atoms with E-state index in [4.69, 9.17) is 0 Å². The average Bonchev–Trinajstić information content (AvgIpc) is 3.17. The topological polar surface area (TPSA) is 52.7 Å². The van der Waals surface area contributed by atoms with Crippen LogP contribution in [0.3, 0.4) is 0 Å². The van der Waals surface area contributed by atoms with Gasteiger partial charge < -0.3 is 15.1 Å². The molecule has 0 aromatic heterocycles. The Hall–Kier alpha value is -1.88. The van der Waals surface area contributed by atoms with Crippen LogP contribution in [0.2, 0.25) is 0 Å². The Morgan fingerprint density at radius 3 is 2.78 bits per heavy atom. The van der Waals surface area contributed by atoms with E-state index in [0.29, 0.717) is 19.5 Å². The molecule has 5 heteroatoms. The van der Waals surface area contributed by atoms with Crippen molar-refractivity contribution in [2.24, 2.45) is 5.92 Å². The molecule has 1 unspecified atom stereocenters. The molecule has 0 bridgehead atoms. The average molecular weight is 315 g/mol. The van der Waals surface area contributed by atoms with E-state index in [1.165, 1.54) is 12.8 Å². The third kappa shape index (κ3) is 3.72. The van der Waals surface area contributed by atoms with Gasteiger partial charge in [0.2, 0.25) is 11.8 Å². The van der Waals surface area contributed by atoms with E-state index in [2.05, 4.69) is 10.2 Å². The SMILES string of the molecule is Cc1cccc(N2CCC(C(=O)NCCN3CCCC3)C2=O)c1. The summed E-state index contributed by atoms with van der Waals surface area (Å²) in [6, 6.07) is 7.87. The number of amides is 2. The maximum atomic E-state index is 12.5. The van der Waals surface area contributed by atoms with Gasteiger partial charge in [-0.05, 0) is 57.0 Å². The van der Waals surface area contributed by atoms with Crippen LogP contribution in [0, 0.1) is 12.8 Å². The predicted octanol–water partition coefficient (Wildman–Crippen LogP) is 1.56. The lowest BCUT2D eigenvalue weighted by Gasteiger charge is -2.18. The highest BCUT2D eigenvalue weighted by Gasteiger charge is 2.37. The number of benzene rings is 1. The monoisotopic (exact) mass is 315 g/mol. The molecule has 1 N–H and O–H groups in total. The number of aryl methyl sites for hydroxylation is 1. The van der Waals surface area contributed by atoms with E-state index in [9.17, 15) is 9.59 Å². The van der Waals surface area contributed by atoms with Crippen molar-refractivity contribution in [2.45, 2.75) is 26.2 Å². The first kappa shape index (κ1) is 16.0. The Morgan fingerprint density at radius 2 is 2.04 bits per heavy atom. The van der Waals surface area contributed by atoms with Crippen LogP contribution in [0.5, 0.6) is 0 Å². The van der Waals surface area contributed by atoms with Crippen LogP contribution in [0.1, 0.15) is 24.8 Å². The predicted molar refractivity (Wildman–Crippen MR) is 90.3 cm³/mol. The number of anilines is 1. The van der Waals surface area contributed by atoms with Crippen LogP contribution in [0.15, 0.2) is 24.3 Å². The third-order valence-electron chi connectivity index (χ3n) is 4.76. The van der Waals surface area contributed by atoms with E-state index in [0.717, 1.165) is 30.9 Å². The Balaban J connectivity index is 1.52. The van der Waals surface area contributed by atoms with Crippen molar-refractivity contribution in [1.82, 2.24) is 10.2 Å².